The lowest BCUT2D eigenvalue weighted by atomic mass is 9.81. The van der Waals surface area contributed by atoms with Gasteiger partial charge in [-0.1, -0.05) is 31.4 Å². The van der Waals surface area contributed by atoms with Crippen LogP contribution in [0.2, 0.25) is 0 Å². The predicted octanol–water partition coefficient (Wildman–Crippen LogP) is 3.56. The third-order valence-corrected chi connectivity index (χ3v) is 5.62. The Bertz CT molecular complexity index is 1090. The number of nitrogens with one attached hydrogen (secondary N) is 1. The van der Waals surface area contributed by atoms with E-state index in [0.717, 1.165) is 31.2 Å². The molecule has 1 atom stereocenters. The molecule has 156 valence electrons. The number of amides is 1. The van der Waals surface area contributed by atoms with Crippen LogP contribution in [-0.4, -0.2) is 31.2 Å². The van der Waals surface area contributed by atoms with Crippen LogP contribution in [0.1, 0.15) is 59.6 Å². The van der Waals surface area contributed by atoms with Gasteiger partial charge in [-0.15, -0.1) is 5.10 Å². The Labute approximate surface area is 180 Å². The van der Waals surface area contributed by atoms with Crippen molar-refractivity contribution in [2.45, 2.75) is 38.1 Å². The Morgan fingerprint density at radius 1 is 1.16 bits per heavy atom. The van der Waals surface area contributed by atoms with Crippen molar-refractivity contribution < 1.29 is 9.90 Å². The average molecular weight is 414 g/mol. The summed E-state index contributed by atoms with van der Waals surface area (Å²) in [5, 5.41) is 30.2. The number of nitrogens with zero attached hydrogens (tertiary/aromatic N) is 5. The van der Waals surface area contributed by atoms with Crippen LogP contribution in [0.4, 0.5) is 0 Å². The van der Waals surface area contributed by atoms with Gasteiger partial charge >= 0.3 is 0 Å². The summed E-state index contributed by atoms with van der Waals surface area (Å²) in [6.45, 7) is 0. The highest BCUT2D eigenvalue weighted by Gasteiger charge is 2.28. The molecule has 31 heavy (non-hydrogen) atoms. The maximum atomic E-state index is 13.0. The first-order valence-electron chi connectivity index (χ1n) is 10.3. The number of hydrogen-bond donors (Lipinski definition) is 2. The molecule has 1 aliphatic carbocycles. The number of rotatable bonds is 5. The van der Waals surface area contributed by atoms with Crippen LogP contribution < -0.4 is 5.32 Å². The first-order chi connectivity index (χ1) is 15.2. The molecule has 0 radical (unpaired) electrons. The number of carbonyl (C=O) groups is 1. The van der Waals surface area contributed by atoms with Gasteiger partial charge in [0.25, 0.3) is 5.91 Å². The fraction of sp³-hybridized carbons (Fsp3) is 0.304. The van der Waals surface area contributed by atoms with E-state index in [9.17, 15) is 9.90 Å². The third-order valence-electron chi connectivity index (χ3n) is 5.62. The van der Waals surface area contributed by atoms with Gasteiger partial charge in [0.1, 0.15) is 11.3 Å². The van der Waals surface area contributed by atoms with Crippen LogP contribution in [0.25, 0.3) is 11.5 Å². The molecule has 2 heterocycles. The first-order valence-corrected chi connectivity index (χ1v) is 10.3. The standard InChI is InChI=1S/C23H22N6O2/c24-13-15-8-10-17(11-9-15)20(16-5-2-1-3-6-16)27-22(30)18-14-25-21(28-23(18)31)19-7-4-12-26-29-19/h4,7-12,14,16,20H,1-3,5-6H2,(H,27,30)(H,25,28,31)/t20-/m1/s1. The van der Waals surface area contributed by atoms with Crippen LogP contribution >= 0.6 is 0 Å². The molecule has 0 spiro atoms. The molecule has 8 nitrogen and oxygen atoms in total. The van der Waals surface area contributed by atoms with Gasteiger partial charge in [0, 0.05) is 12.4 Å². The van der Waals surface area contributed by atoms with Crippen LogP contribution in [0.15, 0.2) is 48.8 Å². The number of aromatic hydroxyl groups is 1. The zero-order valence-corrected chi connectivity index (χ0v) is 16.9. The topological polar surface area (TPSA) is 125 Å². The van der Waals surface area contributed by atoms with Crippen LogP contribution in [0.3, 0.4) is 0 Å². The minimum absolute atomic E-state index is 0.00194. The minimum Gasteiger partial charge on any atom is -0.493 e. The molecule has 0 bridgehead atoms. The fourth-order valence-corrected chi connectivity index (χ4v) is 4.00. The van der Waals surface area contributed by atoms with Crippen LogP contribution in [0.5, 0.6) is 5.88 Å². The highest BCUT2D eigenvalue weighted by molar-refractivity contribution is 5.96. The zero-order valence-electron chi connectivity index (χ0n) is 16.9. The van der Waals surface area contributed by atoms with E-state index in [4.69, 9.17) is 5.26 Å². The Balaban J connectivity index is 1.58. The molecular weight excluding hydrogens is 392 g/mol. The highest BCUT2D eigenvalue weighted by atomic mass is 16.3. The number of benzene rings is 1. The summed E-state index contributed by atoms with van der Waals surface area (Å²) in [4.78, 5) is 21.2. The van der Waals surface area contributed by atoms with Gasteiger partial charge in [-0.3, -0.25) is 4.79 Å². The van der Waals surface area contributed by atoms with Gasteiger partial charge in [-0.2, -0.15) is 15.3 Å². The third kappa shape index (κ3) is 4.67. The summed E-state index contributed by atoms with van der Waals surface area (Å²) in [7, 11) is 0. The SMILES string of the molecule is N#Cc1ccc([C@H](NC(=O)c2cnc(-c3cccnn3)nc2O)C2CCCCC2)cc1. The van der Waals surface area contributed by atoms with E-state index < -0.39 is 11.8 Å². The van der Waals surface area contributed by atoms with Gasteiger partial charge in [-0.25, -0.2) is 4.98 Å². The van der Waals surface area contributed by atoms with E-state index in [1.807, 2.05) is 12.1 Å². The van der Waals surface area contributed by atoms with Gasteiger partial charge < -0.3 is 10.4 Å². The van der Waals surface area contributed by atoms with Crippen molar-refractivity contribution in [3.63, 3.8) is 0 Å². The van der Waals surface area contributed by atoms with Gasteiger partial charge in [0.15, 0.2) is 5.82 Å². The molecule has 2 aromatic heterocycles. The monoisotopic (exact) mass is 414 g/mol. The molecule has 1 amide bonds. The summed E-state index contributed by atoms with van der Waals surface area (Å²) in [5.74, 6) is -0.371. The maximum Gasteiger partial charge on any atom is 0.258 e. The van der Waals surface area contributed by atoms with E-state index in [1.165, 1.54) is 18.8 Å². The fourth-order valence-electron chi connectivity index (χ4n) is 4.00. The van der Waals surface area contributed by atoms with E-state index >= 15 is 0 Å². The quantitative estimate of drug-likeness (QED) is 0.654. The van der Waals surface area contributed by atoms with Crippen molar-refractivity contribution in [1.82, 2.24) is 25.5 Å². The van der Waals surface area contributed by atoms with E-state index in [2.05, 4.69) is 31.6 Å². The molecule has 8 heteroatoms. The van der Waals surface area contributed by atoms with Gasteiger partial charge in [-0.05, 0) is 48.6 Å². The maximum absolute atomic E-state index is 13.0. The Kier molecular flexibility index (Phi) is 6.13. The molecule has 0 saturated heterocycles. The van der Waals surface area contributed by atoms with E-state index in [0.29, 0.717) is 11.3 Å². The average Bonchev–Trinajstić information content (AvgIpc) is 2.83. The molecule has 2 N–H and O–H groups in total. The Morgan fingerprint density at radius 2 is 1.94 bits per heavy atom. The number of nitriles is 1. The zero-order chi connectivity index (χ0) is 21.6. The van der Waals surface area contributed by atoms with Crippen molar-refractivity contribution in [2.75, 3.05) is 0 Å². The lowest BCUT2D eigenvalue weighted by Gasteiger charge is -2.31. The van der Waals surface area contributed by atoms with Crippen molar-refractivity contribution in [2.24, 2.45) is 5.92 Å². The highest BCUT2D eigenvalue weighted by Crippen LogP contribution is 2.35. The molecule has 4 rings (SSSR count). The normalized spacial score (nSPS) is 15.1. The second-order valence-electron chi connectivity index (χ2n) is 7.62. The number of hydrogen-bond acceptors (Lipinski definition) is 7. The molecule has 1 aromatic carbocycles. The smallest absolute Gasteiger partial charge is 0.258 e. The second kappa shape index (κ2) is 9.30. The second-order valence-corrected chi connectivity index (χ2v) is 7.62. The van der Waals surface area contributed by atoms with Gasteiger partial charge in [0.05, 0.1) is 17.7 Å². The van der Waals surface area contributed by atoms with Crippen molar-refractivity contribution >= 4 is 5.91 Å². The number of carbonyl (C=O) groups excluding carboxylic acids is 1. The lowest BCUT2D eigenvalue weighted by Crippen LogP contribution is -2.34. The molecule has 0 unspecified atom stereocenters. The summed E-state index contributed by atoms with van der Waals surface area (Å²) in [5.41, 5.74) is 1.92. The van der Waals surface area contributed by atoms with Crippen molar-refractivity contribution in [3.05, 3.63) is 65.5 Å². The summed E-state index contributed by atoms with van der Waals surface area (Å²) >= 11 is 0. The molecule has 1 fully saturated rings. The first kappa shape index (κ1) is 20.4. The summed E-state index contributed by atoms with van der Waals surface area (Å²) < 4.78 is 0. The summed E-state index contributed by atoms with van der Waals surface area (Å²) in [6, 6.07) is 12.5. The van der Waals surface area contributed by atoms with E-state index in [1.54, 1.807) is 24.3 Å². The number of aromatic nitrogens is 4. The lowest BCUT2D eigenvalue weighted by molar-refractivity contribution is 0.0908. The molecule has 1 saturated carbocycles. The largest absolute Gasteiger partial charge is 0.493 e. The molecule has 0 aliphatic heterocycles. The Morgan fingerprint density at radius 3 is 2.58 bits per heavy atom. The minimum atomic E-state index is -0.442. The molecule has 3 aromatic rings. The van der Waals surface area contributed by atoms with E-state index in [-0.39, 0.29) is 23.3 Å². The molecule has 1 aliphatic rings. The van der Waals surface area contributed by atoms with Crippen molar-refractivity contribution in [3.8, 4) is 23.5 Å². The van der Waals surface area contributed by atoms with Crippen LogP contribution in [-0.2, 0) is 0 Å². The Hall–Kier alpha value is -3.86. The molecular formula is C23H22N6O2. The van der Waals surface area contributed by atoms with Gasteiger partial charge in [0.2, 0.25) is 5.88 Å². The van der Waals surface area contributed by atoms with Crippen LogP contribution in [0, 0.1) is 17.2 Å². The summed E-state index contributed by atoms with van der Waals surface area (Å²) in [6.07, 6.45) is 8.29. The van der Waals surface area contributed by atoms with Crippen molar-refractivity contribution in [1.29, 1.82) is 5.26 Å². The predicted molar refractivity (Wildman–Crippen MR) is 113 cm³/mol.